The number of amides is 3. The van der Waals surface area contributed by atoms with Crippen molar-refractivity contribution in [3.63, 3.8) is 0 Å². The summed E-state index contributed by atoms with van der Waals surface area (Å²) in [5.74, 6) is -0.398. The van der Waals surface area contributed by atoms with Crippen LogP contribution in [-0.2, 0) is 9.59 Å². The molecule has 7 nitrogen and oxygen atoms in total. The van der Waals surface area contributed by atoms with Gasteiger partial charge in [0, 0.05) is 35.9 Å². The van der Waals surface area contributed by atoms with Crippen molar-refractivity contribution in [3.05, 3.63) is 53.1 Å². The number of fused-ring (bicyclic) bond motifs is 3. The number of halogens is 1. The maximum atomic E-state index is 13.5. The van der Waals surface area contributed by atoms with Crippen LogP contribution in [0, 0.1) is 0 Å². The lowest BCUT2D eigenvalue weighted by Crippen LogP contribution is -2.56. The molecule has 172 valence electrons. The van der Waals surface area contributed by atoms with Crippen LogP contribution >= 0.6 is 11.6 Å². The first kappa shape index (κ1) is 21.8. The zero-order chi connectivity index (χ0) is 22.9. The van der Waals surface area contributed by atoms with Crippen LogP contribution in [0.15, 0.2) is 42.5 Å². The highest BCUT2D eigenvalue weighted by molar-refractivity contribution is 6.30. The van der Waals surface area contributed by atoms with Crippen LogP contribution in [0.4, 0.5) is 17.1 Å². The van der Waals surface area contributed by atoms with Gasteiger partial charge in [-0.15, -0.1) is 0 Å². The molecule has 3 aliphatic heterocycles. The van der Waals surface area contributed by atoms with E-state index in [1.165, 1.54) is 0 Å². The van der Waals surface area contributed by atoms with Gasteiger partial charge >= 0.3 is 0 Å². The Kier molecular flexibility index (Phi) is 5.98. The Morgan fingerprint density at radius 3 is 2.42 bits per heavy atom. The van der Waals surface area contributed by atoms with Gasteiger partial charge in [0.15, 0.2) is 0 Å². The van der Waals surface area contributed by atoms with E-state index in [0.29, 0.717) is 22.0 Å². The van der Waals surface area contributed by atoms with Crippen LogP contribution < -0.4 is 15.1 Å². The van der Waals surface area contributed by atoms with Gasteiger partial charge in [-0.05, 0) is 74.6 Å². The largest absolute Gasteiger partial charge is 0.358 e. The Morgan fingerprint density at radius 1 is 0.939 bits per heavy atom. The highest BCUT2D eigenvalue weighted by Gasteiger charge is 2.40. The molecule has 2 fully saturated rings. The summed E-state index contributed by atoms with van der Waals surface area (Å²) in [7, 11) is 0. The number of nitrogens with one attached hydrogen (secondary N) is 1. The minimum absolute atomic E-state index is 0.0194. The zero-order valence-corrected chi connectivity index (χ0v) is 19.2. The van der Waals surface area contributed by atoms with Crippen LogP contribution in [0.3, 0.4) is 0 Å². The zero-order valence-electron chi connectivity index (χ0n) is 18.4. The maximum absolute atomic E-state index is 13.5. The minimum atomic E-state index is -0.294. The van der Waals surface area contributed by atoms with Crippen LogP contribution in [0.2, 0.25) is 5.02 Å². The van der Waals surface area contributed by atoms with Crippen molar-refractivity contribution >= 4 is 46.4 Å². The van der Waals surface area contributed by atoms with E-state index in [2.05, 4.69) is 10.2 Å². The van der Waals surface area contributed by atoms with Gasteiger partial charge in [-0.2, -0.15) is 0 Å². The monoisotopic (exact) mass is 466 g/mol. The molecule has 2 saturated heterocycles. The molecule has 2 aromatic carbocycles. The standard InChI is InChI=1S/C25H27ClN4O3/c26-18-7-9-19(10-8-18)27-23(31)16-30-22-15-17(24(32)28-12-3-4-13-28)6-11-20(22)29-14-2-1-5-21(29)25(30)33/h6-11,15,21H,1-5,12-14,16H2,(H,27,31). The van der Waals surface area contributed by atoms with E-state index in [-0.39, 0.29) is 30.3 Å². The second-order valence-electron chi connectivity index (χ2n) is 8.89. The van der Waals surface area contributed by atoms with Gasteiger partial charge in [-0.25, -0.2) is 0 Å². The highest BCUT2D eigenvalue weighted by atomic mass is 35.5. The molecule has 0 aliphatic carbocycles. The quantitative estimate of drug-likeness (QED) is 0.741. The van der Waals surface area contributed by atoms with Crippen LogP contribution in [0.5, 0.6) is 0 Å². The van der Waals surface area contributed by atoms with Crippen LogP contribution in [0.1, 0.15) is 42.5 Å². The summed E-state index contributed by atoms with van der Waals surface area (Å²) in [6.07, 6.45) is 4.80. The lowest BCUT2D eigenvalue weighted by molar-refractivity contribution is -0.123. The number of anilines is 3. The third kappa shape index (κ3) is 4.29. The van der Waals surface area contributed by atoms with E-state index in [0.717, 1.165) is 57.4 Å². The number of piperidine rings is 1. The third-order valence-electron chi connectivity index (χ3n) is 6.70. The van der Waals surface area contributed by atoms with E-state index >= 15 is 0 Å². The Labute approximate surface area is 198 Å². The molecule has 5 rings (SSSR count). The summed E-state index contributed by atoms with van der Waals surface area (Å²) in [5, 5.41) is 3.43. The molecule has 1 unspecified atom stereocenters. The number of benzene rings is 2. The van der Waals surface area contributed by atoms with E-state index in [9.17, 15) is 14.4 Å². The molecule has 0 saturated carbocycles. The highest BCUT2D eigenvalue weighted by Crippen LogP contribution is 2.40. The van der Waals surface area contributed by atoms with Crippen LogP contribution in [-0.4, -0.2) is 54.8 Å². The molecular weight excluding hydrogens is 440 g/mol. The number of rotatable bonds is 4. The van der Waals surface area contributed by atoms with Crippen molar-refractivity contribution < 1.29 is 14.4 Å². The maximum Gasteiger partial charge on any atom is 0.253 e. The molecule has 3 heterocycles. The topological polar surface area (TPSA) is 73.0 Å². The van der Waals surface area contributed by atoms with Gasteiger partial charge in [0.25, 0.3) is 5.91 Å². The van der Waals surface area contributed by atoms with Crippen molar-refractivity contribution in [2.24, 2.45) is 0 Å². The molecule has 3 amide bonds. The molecule has 2 aromatic rings. The number of carbonyl (C=O) groups excluding carboxylic acids is 3. The number of carbonyl (C=O) groups is 3. The molecule has 3 aliphatic rings. The summed E-state index contributed by atoms with van der Waals surface area (Å²) in [6, 6.07) is 12.2. The number of nitrogens with zero attached hydrogens (tertiary/aromatic N) is 3. The van der Waals surface area contributed by atoms with Crippen molar-refractivity contribution in [1.29, 1.82) is 0 Å². The van der Waals surface area contributed by atoms with E-state index in [4.69, 9.17) is 11.6 Å². The van der Waals surface area contributed by atoms with Gasteiger partial charge in [-0.1, -0.05) is 11.6 Å². The SMILES string of the molecule is O=C(CN1C(=O)C2CCCCN2c2ccc(C(=O)N3CCCC3)cc21)Nc1ccc(Cl)cc1. The van der Waals surface area contributed by atoms with Crippen molar-refractivity contribution in [1.82, 2.24) is 4.90 Å². The van der Waals surface area contributed by atoms with Crippen molar-refractivity contribution in [2.75, 3.05) is 41.3 Å². The molecular formula is C25H27ClN4O3. The Hall–Kier alpha value is -3.06. The summed E-state index contributed by atoms with van der Waals surface area (Å²) >= 11 is 5.93. The Balaban J connectivity index is 1.45. The summed E-state index contributed by atoms with van der Waals surface area (Å²) in [6.45, 7) is 2.21. The summed E-state index contributed by atoms with van der Waals surface area (Å²) < 4.78 is 0. The van der Waals surface area contributed by atoms with E-state index < -0.39 is 0 Å². The van der Waals surface area contributed by atoms with Crippen LogP contribution in [0.25, 0.3) is 0 Å². The van der Waals surface area contributed by atoms with Crippen molar-refractivity contribution in [3.8, 4) is 0 Å². The average Bonchev–Trinajstić information content (AvgIpc) is 3.37. The van der Waals surface area contributed by atoms with Gasteiger partial charge < -0.3 is 15.1 Å². The summed E-state index contributed by atoms with van der Waals surface area (Å²) in [4.78, 5) is 44.9. The molecule has 8 heteroatoms. The third-order valence-corrected chi connectivity index (χ3v) is 6.95. The minimum Gasteiger partial charge on any atom is -0.358 e. The van der Waals surface area contributed by atoms with Gasteiger partial charge in [0.2, 0.25) is 11.8 Å². The van der Waals surface area contributed by atoms with Gasteiger partial charge in [-0.3, -0.25) is 19.3 Å². The molecule has 33 heavy (non-hydrogen) atoms. The first-order chi connectivity index (χ1) is 16.0. The number of hydrogen-bond acceptors (Lipinski definition) is 4. The molecule has 0 radical (unpaired) electrons. The predicted octanol–water partition coefficient (Wildman–Crippen LogP) is 3.92. The fraction of sp³-hybridized carbons (Fsp3) is 0.400. The first-order valence-electron chi connectivity index (χ1n) is 11.6. The molecule has 1 N–H and O–H groups in total. The first-order valence-corrected chi connectivity index (χ1v) is 12.0. The lowest BCUT2D eigenvalue weighted by Gasteiger charge is -2.45. The molecule has 0 aromatic heterocycles. The second kappa shape index (κ2) is 9.06. The smallest absolute Gasteiger partial charge is 0.253 e. The van der Waals surface area contributed by atoms with E-state index in [1.54, 1.807) is 35.2 Å². The lowest BCUT2D eigenvalue weighted by atomic mass is 9.95. The van der Waals surface area contributed by atoms with Gasteiger partial charge in [0.05, 0.1) is 11.4 Å². The second-order valence-corrected chi connectivity index (χ2v) is 9.32. The fourth-order valence-electron chi connectivity index (χ4n) is 5.03. The number of hydrogen-bond donors (Lipinski definition) is 1. The fourth-order valence-corrected chi connectivity index (χ4v) is 5.16. The predicted molar refractivity (Wildman–Crippen MR) is 129 cm³/mol. The molecule has 0 spiro atoms. The Bertz CT molecular complexity index is 1080. The van der Waals surface area contributed by atoms with E-state index in [1.807, 2.05) is 17.0 Å². The summed E-state index contributed by atoms with van der Waals surface area (Å²) in [5.41, 5.74) is 2.72. The average molecular weight is 467 g/mol. The van der Waals surface area contributed by atoms with Crippen molar-refractivity contribution in [2.45, 2.75) is 38.1 Å². The van der Waals surface area contributed by atoms with Gasteiger partial charge in [0.1, 0.15) is 12.6 Å². The normalized spacial score (nSPS) is 19.8. The molecule has 0 bridgehead atoms. The Morgan fingerprint density at radius 2 is 1.67 bits per heavy atom. The number of likely N-dealkylation sites (tertiary alicyclic amines) is 1. The molecule has 1 atom stereocenters.